The molecule has 0 saturated carbocycles. The quantitative estimate of drug-likeness (QED) is 0.931. The summed E-state index contributed by atoms with van der Waals surface area (Å²) in [5.74, 6) is 0.0442. The van der Waals surface area contributed by atoms with E-state index in [1.165, 1.54) is 11.0 Å². The summed E-state index contributed by atoms with van der Waals surface area (Å²) in [6.07, 6.45) is -0.999. The van der Waals surface area contributed by atoms with Crippen LogP contribution in [0.3, 0.4) is 0 Å². The van der Waals surface area contributed by atoms with E-state index in [1.807, 2.05) is 37.3 Å². The van der Waals surface area contributed by atoms with Crippen molar-refractivity contribution >= 4 is 6.09 Å². The number of rotatable bonds is 3. The molecule has 2 aromatic rings. The van der Waals surface area contributed by atoms with E-state index in [0.717, 1.165) is 5.56 Å². The second-order valence-electron chi connectivity index (χ2n) is 5.78. The van der Waals surface area contributed by atoms with Gasteiger partial charge in [0, 0.05) is 23.6 Å². The first-order chi connectivity index (χ1) is 11.1. The number of amides is 1. The first-order valence-corrected chi connectivity index (χ1v) is 7.52. The zero-order valence-corrected chi connectivity index (χ0v) is 12.8. The fraction of sp³-hybridized carbons (Fsp3) is 0.278. The third-order valence-electron chi connectivity index (χ3n) is 4.10. The van der Waals surface area contributed by atoms with Gasteiger partial charge in [0.1, 0.15) is 18.2 Å². The summed E-state index contributed by atoms with van der Waals surface area (Å²) in [6.45, 7) is 2.64. The van der Waals surface area contributed by atoms with Crippen molar-refractivity contribution in [3.8, 4) is 5.75 Å². The summed E-state index contributed by atoms with van der Waals surface area (Å²) in [6, 6.07) is 12.6. The molecule has 2 aromatic carbocycles. The molecule has 1 heterocycles. The highest BCUT2D eigenvalue weighted by Gasteiger charge is 2.30. The van der Waals surface area contributed by atoms with Gasteiger partial charge in [0.2, 0.25) is 0 Å². The van der Waals surface area contributed by atoms with Gasteiger partial charge in [-0.2, -0.15) is 0 Å². The third-order valence-corrected chi connectivity index (χ3v) is 4.10. The van der Waals surface area contributed by atoms with E-state index in [9.17, 15) is 14.3 Å². The number of benzene rings is 2. The maximum absolute atomic E-state index is 14.2. The van der Waals surface area contributed by atoms with Gasteiger partial charge in [-0.05, 0) is 17.7 Å². The van der Waals surface area contributed by atoms with Crippen LogP contribution in [0.2, 0.25) is 0 Å². The molecule has 0 radical (unpaired) electrons. The normalized spacial score (nSPS) is 16.8. The van der Waals surface area contributed by atoms with Crippen molar-refractivity contribution in [1.82, 2.24) is 4.90 Å². The molecule has 1 N–H and O–H groups in total. The molecule has 5 heteroatoms. The van der Waals surface area contributed by atoms with Crippen molar-refractivity contribution in [1.29, 1.82) is 0 Å². The number of ether oxygens (including phenoxy) is 1. The van der Waals surface area contributed by atoms with E-state index in [1.54, 1.807) is 6.07 Å². The molecule has 0 aliphatic carbocycles. The average Bonchev–Trinajstić information content (AvgIpc) is 2.54. The van der Waals surface area contributed by atoms with Crippen molar-refractivity contribution < 1.29 is 19.0 Å². The van der Waals surface area contributed by atoms with Crippen LogP contribution < -0.4 is 4.74 Å². The molecule has 1 unspecified atom stereocenters. The molecule has 0 fully saturated rings. The van der Waals surface area contributed by atoms with E-state index in [0.29, 0.717) is 30.0 Å². The number of nitrogens with zero attached hydrogens (tertiary/aromatic N) is 1. The van der Waals surface area contributed by atoms with Gasteiger partial charge in [-0.1, -0.05) is 37.3 Å². The molecule has 1 amide bonds. The Morgan fingerprint density at radius 3 is 2.74 bits per heavy atom. The molecule has 0 bridgehead atoms. The molecule has 1 aliphatic heterocycles. The van der Waals surface area contributed by atoms with Crippen LogP contribution in [0.5, 0.6) is 5.75 Å². The fourth-order valence-electron chi connectivity index (χ4n) is 3.01. The smallest absolute Gasteiger partial charge is 0.407 e. The van der Waals surface area contributed by atoms with Crippen molar-refractivity contribution in [3.05, 3.63) is 65.0 Å². The Balaban J connectivity index is 1.90. The summed E-state index contributed by atoms with van der Waals surface area (Å²) in [7, 11) is 0. The van der Waals surface area contributed by atoms with Crippen molar-refractivity contribution in [2.45, 2.75) is 26.0 Å². The van der Waals surface area contributed by atoms with Gasteiger partial charge in [-0.25, -0.2) is 9.18 Å². The summed E-state index contributed by atoms with van der Waals surface area (Å²) in [5.41, 5.74) is 2.19. The zero-order chi connectivity index (χ0) is 16.4. The van der Waals surface area contributed by atoms with E-state index in [2.05, 4.69) is 0 Å². The number of hydrogen-bond donors (Lipinski definition) is 1. The van der Waals surface area contributed by atoms with Gasteiger partial charge in [-0.15, -0.1) is 0 Å². The lowest BCUT2D eigenvalue weighted by molar-refractivity contribution is 0.134. The minimum atomic E-state index is -0.999. The molecule has 0 spiro atoms. The largest absolute Gasteiger partial charge is 0.489 e. The van der Waals surface area contributed by atoms with E-state index < -0.39 is 6.09 Å². The van der Waals surface area contributed by atoms with Crippen molar-refractivity contribution in [3.63, 3.8) is 0 Å². The number of fused-ring (bicyclic) bond motifs is 1. The van der Waals surface area contributed by atoms with Gasteiger partial charge >= 0.3 is 6.09 Å². The predicted molar refractivity (Wildman–Crippen MR) is 84.0 cm³/mol. The lowest BCUT2D eigenvalue weighted by atomic mass is 9.90. The molecule has 3 rings (SSSR count). The Labute approximate surface area is 134 Å². The Hall–Kier alpha value is -2.56. The molecule has 23 heavy (non-hydrogen) atoms. The van der Waals surface area contributed by atoms with Crippen LogP contribution in [0.4, 0.5) is 9.18 Å². The Morgan fingerprint density at radius 1 is 1.30 bits per heavy atom. The first kappa shape index (κ1) is 15.3. The molecule has 4 nitrogen and oxygen atoms in total. The van der Waals surface area contributed by atoms with Gasteiger partial charge in [-0.3, -0.25) is 0 Å². The lowest BCUT2D eigenvalue weighted by Gasteiger charge is -2.32. The monoisotopic (exact) mass is 315 g/mol. The van der Waals surface area contributed by atoms with Gasteiger partial charge in [0.05, 0.1) is 6.54 Å². The van der Waals surface area contributed by atoms with Crippen LogP contribution in [-0.2, 0) is 13.2 Å². The van der Waals surface area contributed by atoms with Gasteiger partial charge in [0.25, 0.3) is 0 Å². The molecule has 0 saturated heterocycles. The minimum absolute atomic E-state index is 0.150. The maximum Gasteiger partial charge on any atom is 0.407 e. The summed E-state index contributed by atoms with van der Waals surface area (Å²) >= 11 is 0. The SMILES string of the molecule is CC1CN(C(=O)O)Cc2c(OCc3ccccc3)ccc(F)c21. The molecule has 0 aromatic heterocycles. The first-order valence-electron chi connectivity index (χ1n) is 7.52. The summed E-state index contributed by atoms with van der Waals surface area (Å²) in [5, 5.41) is 9.24. The lowest BCUT2D eigenvalue weighted by Crippen LogP contribution is -2.37. The predicted octanol–water partition coefficient (Wildman–Crippen LogP) is 4.00. The van der Waals surface area contributed by atoms with E-state index in [-0.39, 0.29) is 18.3 Å². The van der Waals surface area contributed by atoms with Crippen LogP contribution >= 0.6 is 0 Å². The zero-order valence-electron chi connectivity index (χ0n) is 12.8. The van der Waals surface area contributed by atoms with Crippen LogP contribution in [0.15, 0.2) is 42.5 Å². The molecule has 1 aliphatic rings. The standard InChI is InChI=1S/C18H18FNO3/c1-12-9-20(18(21)22)10-14-16(8-7-15(19)17(12)14)23-11-13-5-3-2-4-6-13/h2-8,12H,9-11H2,1H3,(H,21,22). The van der Waals surface area contributed by atoms with Gasteiger partial charge < -0.3 is 14.7 Å². The van der Waals surface area contributed by atoms with Crippen LogP contribution in [0.1, 0.15) is 29.5 Å². The third kappa shape index (κ3) is 3.13. The number of hydrogen-bond acceptors (Lipinski definition) is 2. The van der Waals surface area contributed by atoms with E-state index >= 15 is 0 Å². The van der Waals surface area contributed by atoms with Crippen molar-refractivity contribution in [2.24, 2.45) is 0 Å². The molecular weight excluding hydrogens is 297 g/mol. The topological polar surface area (TPSA) is 49.8 Å². The number of halogens is 1. The Kier molecular flexibility index (Phi) is 4.19. The van der Waals surface area contributed by atoms with E-state index in [4.69, 9.17) is 4.74 Å². The molecule has 120 valence electrons. The summed E-state index contributed by atoms with van der Waals surface area (Å²) in [4.78, 5) is 12.6. The van der Waals surface area contributed by atoms with Gasteiger partial charge in [0.15, 0.2) is 0 Å². The van der Waals surface area contributed by atoms with Crippen LogP contribution in [0, 0.1) is 5.82 Å². The Morgan fingerprint density at radius 2 is 2.04 bits per heavy atom. The second kappa shape index (κ2) is 6.28. The molecule has 1 atom stereocenters. The van der Waals surface area contributed by atoms with Crippen LogP contribution in [-0.4, -0.2) is 22.6 Å². The summed E-state index contributed by atoms with van der Waals surface area (Å²) < 4.78 is 20.0. The highest BCUT2D eigenvalue weighted by molar-refractivity contribution is 5.66. The van der Waals surface area contributed by atoms with Crippen LogP contribution in [0.25, 0.3) is 0 Å². The average molecular weight is 315 g/mol. The highest BCUT2D eigenvalue weighted by atomic mass is 19.1. The second-order valence-corrected chi connectivity index (χ2v) is 5.78. The Bertz CT molecular complexity index is 718. The maximum atomic E-state index is 14.2. The highest BCUT2D eigenvalue weighted by Crippen LogP contribution is 2.36. The van der Waals surface area contributed by atoms with Crippen molar-refractivity contribution in [2.75, 3.05) is 6.54 Å². The molecular formula is C18H18FNO3. The number of carbonyl (C=O) groups is 1. The number of carboxylic acid groups (broad SMARTS) is 1. The minimum Gasteiger partial charge on any atom is -0.489 e. The fourth-order valence-corrected chi connectivity index (χ4v) is 3.01.